The average Bonchev–Trinajstić information content (AvgIpc) is 3.12. The van der Waals surface area contributed by atoms with Crippen LogP contribution in [0.25, 0.3) is 11.3 Å². The van der Waals surface area contributed by atoms with Crippen molar-refractivity contribution >= 4 is 40.0 Å². The molecular weight excluding hydrogens is 376 g/mol. The summed E-state index contributed by atoms with van der Waals surface area (Å²) in [6, 6.07) is 12.1. The number of nitro groups is 1. The number of hydrazone groups is 1. The molecule has 0 radical (unpaired) electrons. The van der Waals surface area contributed by atoms with Crippen molar-refractivity contribution < 1.29 is 9.66 Å². The Labute approximate surface area is 158 Å². The molecule has 0 unspecified atom stereocenters. The number of anilines is 1. The molecule has 0 aliphatic heterocycles. The smallest absolute Gasteiger partial charge is 0.288 e. The molecule has 9 heteroatoms. The second-order valence-corrected chi connectivity index (χ2v) is 6.37. The molecule has 0 aliphatic carbocycles. The van der Waals surface area contributed by atoms with Crippen molar-refractivity contribution in [2.24, 2.45) is 5.10 Å². The quantitative estimate of drug-likeness (QED) is 0.371. The number of thiazole rings is 1. The zero-order valence-corrected chi connectivity index (χ0v) is 15.1. The van der Waals surface area contributed by atoms with Crippen molar-refractivity contribution in [2.75, 3.05) is 12.5 Å². The summed E-state index contributed by atoms with van der Waals surface area (Å²) in [4.78, 5) is 14.8. The number of hydrogen-bond acceptors (Lipinski definition) is 7. The standard InChI is InChI=1S/C17H13ClN4O3S/c1-25-13-4-2-3-12(8-13)15-10-26-17(20-15)21-19-9-11-5-6-14(18)16(7-11)22(23)24/h2-10H,1H3,(H,20,21)/b19-9-. The number of ether oxygens (including phenoxy) is 1. The fourth-order valence-corrected chi connectivity index (χ4v) is 3.01. The molecule has 0 spiro atoms. The maximum absolute atomic E-state index is 10.9. The van der Waals surface area contributed by atoms with Gasteiger partial charge in [0.05, 0.1) is 23.9 Å². The van der Waals surface area contributed by atoms with E-state index in [9.17, 15) is 10.1 Å². The minimum absolute atomic E-state index is 0.0861. The van der Waals surface area contributed by atoms with Crippen molar-refractivity contribution in [3.8, 4) is 17.0 Å². The Morgan fingerprint density at radius 3 is 2.96 bits per heavy atom. The van der Waals surface area contributed by atoms with E-state index >= 15 is 0 Å². The molecule has 0 fully saturated rings. The van der Waals surface area contributed by atoms with Crippen molar-refractivity contribution in [1.29, 1.82) is 0 Å². The Hall–Kier alpha value is -2.97. The Kier molecular flexibility index (Phi) is 5.45. The molecule has 0 amide bonds. The normalized spacial score (nSPS) is 10.8. The molecule has 7 nitrogen and oxygen atoms in total. The number of nitrogens with zero attached hydrogens (tertiary/aromatic N) is 3. The molecule has 2 aromatic carbocycles. The van der Waals surface area contributed by atoms with E-state index in [2.05, 4.69) is 15.5 Å². The minimum Gasteiger partial charge on any atom is -0.497 e. The van der Waals surface area contributed by atoms with Crippen LogP contribution in [0.5, 0.6) is 5.75 Å². The second kappa shape index (κ2) is 7.94. The lowest BCUT2D eigenvalue weighted by Crippen LogP contribution is -1.93. The molecule has 3 rings (SSSR count). The molecule has 26 heavy (non-hydrogen) atoms. The van der Waals surface area contributed by atoms with Crippen LogP contribution in [0.15, 0.2) is 52.9 Å². The van der Waals surface area contributed by atoms with Crippen LogP contribution in [0.2, 0.25) is 5.02 Å². The van der Waals surface area contributed by atoms with Crippen LogP contribution in [0, 0.1) is 10.1 Å². The first kappa shape index (κ1) is 17.8. The third kappa shape index (κ3) is 4.16. The number of nitro benzene ring substituents is 1. The SMILES string of the molecule is COc1cccc(-c2csc(N/N=C\c3ccc(Cl)c([N+](=O)[O-])c3)n2)c1. The third-order valence-electron chi connectivity index (χ3n) is 3.41. The lowest BCUT2D eigenvalue weighted by molar-refractivity contribution is -0.384. The van der Waals surface area contributed by atoms with E-state index in [1.807, 2.05) is 29.6 Å². The predicted octanol–water partition coefficient (Wildman–Crippen LogP) is 4.83. The van der Waals surface area contributed by atoms with Gasteiger partial charge in [-0.2, -0.15) is 5.10 Å². The van der Waals surface area contributed by atoms with Gasteiger partial charge in [0.25, 0.3) is 5.69 Å². The largest absolute Gasteiger partial charge is 0.497 e. The van der Waals surface area contributed by atoms with E-state index in [0.717, 1.165) is 17.0 Å². The molecule has 0 aliphatic rings. The van der Waals surface area contributed by atoms with Gasteiger partial charge in [0, 0.05) is 22.6 Å². The van der Waals surface area contributed by atoms with Gasteiger partial charge in [0.15, 0.2) is 0 Å². The summed E-state index contributed by atoms with van der Waals surface area (Å²) in [6.45, 7) is 0. The highest BCUT2D eigenvalue weighted by Gasteiger charge is 2.11. The molecular formula is C17H13ClN4O3S. The summed E-state index contributed by atoms with van der Waals surface area (Å²) >= 11 is 7.18. The van der Waals surface area contributed by atoms with Crippen LogP contribution < -0.4 is 10.2 Å². The molecule has 1 aromatic heterocycles. The van der Waals surface area contributed by atoms with Crippen LogP contribution in [0.4, 0.5) is 10.8 Å². The van der Waals surface area contributed by atoms with Crippen molar-refractivity contribution in [1.82, 2.24) is 4.98 Å². The predicted molar refractivity (Wildman–Crippen MR) is 103 cm³/mol. The first-order valence-corrected chi connectivity index (χ1v) is 8.65. The summed E-state index contributed by atoms with van der Waals surface area (Å²) in [5, 5.41) is 17.5. The first-order valence-electron chi connectivity index (χ1n) is 7.40. The fourth-order valence-electron chi connectivity index (χ4n) is 2.15. The highest BCUT2D eigenvalue weighted by molar-refractivity contribution is 7.14. The van der Waals surface area contributed by atoms with E-state index in [4.69, 9.17) is 16.3 Å². The number of aromatic nitrogens is 1. The Morgan fingerprint density at radius 2 is 2.19 bits per heavy atom. The first-order chi connectivity index (χ1) is 12.6. The van der Waals surface area contributed by atoms with Gasteiger partial charge in [-0.3, -0.25) is 15.5 Å². The molecule has 0 saturated carbocycles. The van der Waals surface area contributed by atoms with Crippen molar-refractivity contribution in [3.63, 3.8) is 0 Å². The Balaban J connectivity index is 1.71. The van der Waals surface area contributed by atoms with Gasteiger partial charge in [0.2, 0.25) is 5.13 Å². The minimum atomic E-state index is -0.533. The number of rotatable bonds is 6. The number of halogens is 1. The lowest BCUT2D eigenvalue weighted by Gasteiger charge is -2.01. The number of methoxy groups -OCH3 is 1. The number of hydrogen-bond donors (Lipinski definition) is 1. The van der Waals surface area contributed by atoms with Crippen LogP contribution in [0.3, 0.4) is 0 Å². The molecule has 132 valence electrons. The van der Waals surface area contributed by atoms with Crippen molar-refractivity contribution in [2.45, 2.75) is 0 Å². The van der Waals surface area contributed by atoms with E-state index in [0.29, 0.717) is 10.7 Å². The summed E-state index contributed by atoms with van der Waals surface area (Å²) in [6.07, 6.45) is 1.47. The molecule has 0 bridgehead atoms. The highest BCUT2D eigenvalue weighted by Crippen LogP contribution is 2.27. The summed E-state index contributed by atoms with van der Waals surface area (Å²) in [7, 11) is 1.61. The summed E-state index contributed by atoms with van der Waals surface area (Å²) in [5.41, 5.74) is 4.95. The number of benzene rings is 2. The van der Waals surface area contributed by atoms with E-state index in [-0.39, 0.29) is 10.7 Å². The Bertz CT molecular complexity index is 974. The van der Waals surface area contributed by atoms with Gasteiger partial charge in [-0.05, 0) is 18.2 Å². The van der Waals surface area contributed by atoms with E-state index in [1.165, 1.54) is 29.7 Å². The highest BCUT2D eigenvalue weighted by atomic mass is 35.5. The average molecular weight is 389 g/mol. The van der Waals surface area contributed by atoms with Crippen LogP contribution in [-0.4, -0.2) is 23.2 Å². The van der Waals surface area contributed by atoms with Crippen molar-refractivity contribution in [3.05, 3.63) is 68.5 Å². The summed E-state index contributed by atoms with van der Waals surface area (Å²) < 4.78 is 5.21. The zero-order chi connectivity index (χ0) is 18.5. The zero-order valence-electron chi connectivity index (χ0n) is 13.5. The third-order valence-corrected chi connectivity index (χ3v) is 4.48. The van der Waals surface area contributed by atoms with Crippen LogP contribution >= 0.6 is 22.9 Å². The second-order valence-electron chi connectivity index (χ2n) is 5.11. The maximum atomic E-state index is 10.9. The molecule has 1 heterocycles. The van der Waals surface area contributed by atoms with Gasteiger partial charge >= 0.3 is 0 Å². The monoisotopic (exact) mass is 388 g/mol. The van der Waals surface area contributed by atoms with Crippen LogP contribution in [-0.2, 0) is 0 Å². The van der Waals surface area contributed by atoms with Gasteiger partial charge in [-0.15, -0.1) is 11.3 Å². The number of nitrogens with one attached hydrogen (secondary N) is 1. The molecule has 0 atom stereocenters. The summed E-state index contributed by atoms with van der Waals surface area (Å²) in [5.74, 6) is 0.757. The van der Waals surface area contributed by atoms with Crippen LogP contribution in [0.1, 0.15) is 5.56 Å². The van der Waals surface area contributed by atoms with Gasteiger partial charge < -0.3 is 4.74 Å². The molecule has 1 N–H and O–H groups in total. The molecule has 0 saturated heterocycles. The molecule has 3 aromatic rings. The Morgan fingerprint density at radius 1 is 1.35 bits per heavy atom. The van der Waals surface area contributed by atoms with E-state index in [1.54, 1.807) is 13.2 Å². The topological polar surface area (TPSA) is 89.6 Å². The maximum Gasteiger partial charge on any atom is 0.288 e. The van der Waals surface area contributed by atoms with Gasteiger partial charge in [-0.1, -0.05) is 29.8 Å². The van der Waals surface area contributed by atoms with E-state index < -0.39 is 4.92 Å². The fraction of sp³-hybridized carbons (Fsp3) is 0.0588. The lowest BCUT2D eigenvalue weighted by atomic mass is 10.2. The van der Waals surface area contributed by atoms with Gasteiger partial charge in [0.1, 0.15) is 10.8 Å². The van der Waals surface area contributed by atoms with Gasteiger partial charge in [-0.25, -0.2) is 4.98 Å².